The number of fused-ring (bicyclic) bond motifs is 3. The van der Waals surface area contributed by atoms with Crippen molar-refractivity contribution in [3.8, 4) is 22.9 Å². The Labute approximate surface area is 233 Å². The topological polar surface area (TPSA) is 110 Å². The lowest BCUT2D eigenvalue weighted by atomic mass is 10.0. The van der Waals surface area contributed by atoms with E-state index in [-0.39, 0.29) is 11.9 Å². The average molecular weight is 562 g/mol. The van der Waals surface area contributed by atoms with Crippen LogP contribution in [0.15, 0.2) is 48.8 Å². The second kappa shape index (κ2) is 10.3. The van der Waals surface area contributed by atoms with Gasteiger partial charge in [0.2, 0.25) is 5.91 Å². The molecule has 204 valence electrons. The highest BCUT2D eigenvalue weighted by atomic mass is 35.5. The van der Waals surface area contributed by atoms with Crippen molar-refractivity contribution in [2.24, 2.45) is 0 Å². The van der Waals surface area contributed by atoms with Crippen LogP contribution < -0.4 is 9.75 Å². The van der Waals surface area contributed by atoms with Crippen molar-refractivity contribution in [1.29, 1.82) is 0 Å². The van der Waals surface area contributed by atoms with Crippen LogP contribution in [0.3, 0.4) is 0 Å². The average Bonchev–Trinajstić information content (AvgIpc) is 3.29. The molecule has 0 aliphatic carbocycles. The molecule has 4 heterocycles. The van der Waals surface area contributed by atoms with Crippen LogP contribution >= 0.6 is 11.6 Å². The SMILES string of the molecule is Cc1ccnc(Oc2ccc(-c3cc4c(cc3F)ncc3nc(C)n(N5CCN(C(=O)CO)CC5)c34)c(Cl)c2)n1. The summed E-state index contributed by atoms with van der Waals surface area (Å²) in [5.74, 6) is 0.421. The molecule has 12 heteroatoms. The van der Waals surface area contributed by atoms with Gasteiger partial charge >= 0.3 is 6.01 Å². The molecule has 0 spiro atoms. The van der Waals surface area contributed by atoms with Crippen LogP contribution in [0.25, 0.3) is 33.1 Å². The van der Waals surface area contributed by atoms with Gasteiger partial charge in [0.25, 0.3) is 0 Å². The summed E-state index contributed by atoms with van der Waals surface area (Å²) in [4.78, 5) is 31.1. The van der Waals surface area contributed by atoms with Gasteiger partial charge in [-0.3, -0.25) is 9.78 Å². The Balaban J connectivity index is 1.40. The number of hydrogen-bond donors (Lipinski definition) is 1. The lowest BCUT2D eigenvalue weighted by Gasteiger charge is -2.37. The summed E-state index contributed by atoms with van der Waals surface area (Å²) in [6.45, 7) is 5.27. The number of pyridine rings is 1. The molecule has 1 saturated heterocycles. The number of ether oxygens (including phenoxy) is 1. The number of rotatable bonds is 5. The fourth-order valence-electron chi connectivity index (χ4n) is 5.03. The Morgan fingerprint density at radius 3 is 2.55 bits per heavy atom. The second-order valence-electron chi connectivity index (χ2n) is 9.53. The normalized spacial score (nSPS) is 13.8. The van der Waals surface area contributed by atoms with Gasteiger partial charge in [-0.15, -0.1) is 0 Å². The molecule has 1 amide bonds. The first-order valence-electron chi connectivity index (χ1n) is 12.7. The van der Waals surface area contributed by atoms with Crippen molar-refractivity contribution in [2.45, 2.75) is 13.8 Å². The number of amides is 1. The van der Waals surface area contributed by atoms with Gasteiger partial charge < -0.3 is 19.8 Å². The number of nitrogens with zero attached hydrogens (tertiary/aromatic N) is 7. The quantitative estimate of drug-likeness (QED) is 0.343. The van der Waals surface area contributed by atoms with Crippen LogP contribution in [0.2, 0.25) is 5.02 Å². The molecule has 0 saturated carbocycles. The summed E-state index contributed by atoms with van der Waals surface area (Å²) in [6, 6.07) is 10.1. The molecule has 0 radical (unpaired) electrons. The summed E-state index contributed by atoms with van der Waals surface area (Å²) in [7, 11) is 0. The summed E-state index contributed by atoms with van der Waals surface area (Å²) in [5.41, 5.74) is 3.52. The molecule has 0 atom stereocenters. The fourth-order valence-corrected chi connectivity index (χ4v) is 5.31. The minimum absolute atomic E-state index is 0.194. The van der Waals surface area contributed by atoms with Crippen LogP contribution in [-0.2, 0) is 4.79 Å². The summed E-state index contributed by atoms with van der Waals surface area (Å²) in [6.07, 6.45) is 3.24. The zero-order valence-corrected chi connectivity index (χ0v) is 22.6. The molecule has 40 heavy (non-hydrogen) atoms. The number of piperazine rings is 1. The third-order valence-corrected chi connectivity index (χ3v) is 7.26. The lowest BCUT2D eigenvalue weighted by Crippen LogP contribution is -2.53. The van der Waals surface area contributed by atoms with E-state index in [9.17, 15) is 9.90 Å². The molecule has 2 aromatic carbocycles. The van der Waals surface area contributed by atoms with Crippen LogP contribution in [0.1, 0.15) is 11.5 Å². The molecular weight excluding hydrogens is 537 g/mol. The van der Waals surface area contributed by atoms with Crippen molar-refractivity contribution in [2.75, 3.05) is 37.8 Å². The third kappa shape index (κ3) is 4.67. The lowest BCUT2D eigenvalue weighted by molar-refractivity contribution is -0.134. The molecule has 6 rings (SSSR count). The summed E-state index contributed by atoms with van der Waals surface area (Å²) < 4.78 is 23.2. The van der Waals surface area contributed by atoms with Crippen LogP contribution in [0.4, 0.5) is 4.39 Å². The maximum atomic E-state index is 15.4. The number of aliphatic hydroxyl groups is 1. The predicted octanol–water partition coefficient (Wildman–Crippen LogP) is 4.02. The summed E-state index contributed by atoms with van der Waals surface area (Å²) in [5, 5.41) is 12.3. The van der Waals surface area contributed by atoms with Gasteiger partial charge in [0, 0.05) is 53.6 Å². The molecule has 1 aliphatic rings. The number of carbonyl (C=O) groups excluding carboxylic acids is 1. The molecule has 0 bridgehead atoms. The van der Waals surface area contributed by atoms with E-state index in [0.29, 0.717) is 64.5 Å². The largest absolute Gasteiger partial charge is 0.424 e. The van der Waals surface area contributed by atoms with E-state index in [4.69, 9.17) is 21.3 Å². The smallest absolute Gasteiger partial charge is 0.322 e. The monoisotopic (exact) mass is 561 g/mol. The number of halogens is 2. The van der Waals surface area contributed by atoms with E-state index in [0.717, 1.165) is 17.0 Å². The van der Waals surface area contributed by atoms with Gasteiger partial charge in [0.1, 0.15) is 35.0 Å². The molecule has 10 nitrogen and oxygen atoms in total. The van der Waals surface area contributed by atoms with E-state index >= 15 is 4.39 Å². The Hall–Kier alpha value is -4.35. The van der Waals surface area contributed by atoms with Crippen molar-refractivity contribution >= 4 is 39.4 Å². The third-order valence-electron chi connectivity index (χ3n) is 6.95. The van der Waals surface area contributed by atoms with Gasteiger partial charge in [-0.25, -0.2) is 24.0 Å². The fraction of sp³-hybridized carbons (Fsp3) is 0.250. The maximum Gasteiger partial charge on any atom is 0.322 e. The van der Waals surface area contributed by atoms with Gasteiger partial charge in [-0.1, -0.05) is 11.6 Å². The standard InChI is InChI=1S/C28H25ClFN7O3/c1-16-5-6-31-28(33-16)40-18-3-4-19(22(29)11-18)20-12-21-24(13-23(20)30)32-14-25-27(21)37(17(2)34-25)36-9-7-35(8-10-36)26(39)15-38/h3-6,11-14,38H,7-10,15H2,1-2H3. The number of imidazole rings is 1. The minimum Gasteiger partial charge on any atom is -0.424 e. The molecule has 1 N–H and O–H groups in total. The van der Waals surface area contributed by atoms with E-state index in [2.05, 4.69) is 20.0 Å². The Morgan fingerprint density at radius 1 is 1.02 bits per heavy atom. The molecular formula is C28H25ClFN7O3. The maximum absolute atomic E-state index is 15.4. The molecule has 3 aromatic heterocycles. The highest BCUT2D eigenvalue weighted by molar-refractivity contribution is 6.33. The van der Waals surface area contributed by atoms with Crippen molar-refractivity contribution < 1.29 is 19.0 Å². The molecule has 1 aliphatic heterocycles. The Morgan fingerprint density at radius 2 is 1.82 bits per heavy atom. The van der Waals surface area contributed by atoms with E-state index in [1.165, 1.54) is 6.07 Å². The van der Waals surface area contributed by atoms with Gasteiger partial charge in [0.05, 0.1) is 29.8 Å². The van der Waals surface area contributed by atoms with E-state index in [1.54, 1.807) is 47.6 Å². The van der Waals surface area contributed by atoms with Gasteiger partial charge in [-0.05, 0) is 38.1 Å². The van der Waals surface area contributed by atoms with Gasteiger partial charge in [-0.2, -0.15) is 0 Å². The highest BCUT2D eigenvalue weighted by Gasteiger charge is 2.25. The molecule has 1 fully saturated rings. The number of benzene rings is 2. The number of hydrogen-bond acceptors (Lipinski definition) is 8. The van der Waals surface area contributed by atoms with Crippen LogP contribution in [-0.4, -0.2) is 73.3 Å². The Bertz CT molecular complexity index is 1770. The van der Waals surface area contributed by atoms with Crippen molar-refractivity contribution in [3.63, 3.8) is 0 Å². The van der Waals surface area contributed by atoms with Crippen molar-refractivity contribution in [1.82, 2.24) is 29.5 Å². The highest BCUT2D eigenvalue weighted by Crippen LogP contribution is 2.37. The van der Waals surface area contributed by atoms with Crippen LogP contribution in [0, 0.1) is 19.7 Å². The minimum atomic E-state index is -0.507. The zero-order chi connectivity index (χ0) is 28.0. The molecule has 0 unspecified atom stereocenters. The first-order chi connectivity index (χ1) is 19.3. The van der Waals surface area contributed by atoms with Gasteiger partial charge in [0.15, 0.2) is 0 Å². The second-order valence-corrected chi connectivity index (χ2v) is 9.94. The first kappa shape index (κ1) is 25.9. The first-order valence-corrected chi connectivity index (χ1v) is 13.1. The number of aromatic nitrogens is 5. The van der Waals surface area contributed by atoms with E-state index < -0.39 is 12.4 Å². The van der Waals surface area contributed by atoms with E-state index in [1.807, 2.05) is 18.5 Å². The number of carbonyl (C=O) groups is 1. The van der Waals surface area contributed by atoms with Crippen LogP contribution in [0.5, 0.6) is 11.8 Å². The zero-order valence-electron chi connectivity index (χ0n) is 21.8. The number of aryl methyl sites for hydroxylation is 2. The van der Waals surface area contributed by atoms with Crippen molar-refractivity contribution in [3.05, 3.63) is 71.2 Å². The number of aliphatic hydroxyl groups excluding tert-OH is 1. The predicted molar refractivity (Wildman–Crippen MR) is 149 cm³/mol. The molecule has 5 aromatic rings. The summed E-state index contributed by atoms with van der Waals surface area (Å²) >= 11 is 6.63. The Kier molecular flexibility index (Phi) is 6.68.